The van der Waals surface area contributed by atoms with Gasteiger partial charge in [0.2, 0.25) is 0 Å². The van der Waals surface area contributed by atoms with Crippen molar-refractivity contribution in [3.05, 3.63) is 34.7 Å². The van der Waals surface area contributed by atoms with Crippen LogP contribution < -0.4 is 5.32 Å². The lowest BCUT2D eigenvalue weighted by Gasteiger charge is -2.11. The van der Waals surface area contributed by atoms with Crippen LogP contribution in [0.4, 0.5) is 0 Å². The second-order valence-electron chi connectivity index (χ2n) is 4.40. The quantitative estimate of drug-likeness (QED) is 0.928. The molecule has 0 bridgehead atoms. The molecule has 4 nitrogen and oxygen atoms in total. The van der Waals surface area contributed by atoms with E-state index in [1.165, 1.54) is 0 Å². The molecule has 96 valence electrons. The zero-order valence-electron chi connectivity index (χ0n) is 10.7. The van der Waals surface area contributed by atoms with Crippen molar-refractivity contribution in [3.63, 3.8) is 0 Å². The van der Waals surface area contributed by atoms with Crippen molar-refractivity contribution in [1.29, 1.82) is 0 Å². The molecule has 0 aliphatic heterocycles. The monoisotopic (exact) mass is 265 g/mol. The average Bonchev–Trinajstić information content (AvgIpc) is 2.63. The van der Waals surface area contributed by atoms with E-state index >= 15 is 0 Å². The summed E-state index contributed by atoms with van der Waals surface area (Å²) in [6.07, 6.45) is 2.66. The number of rotatable bonds is 3. The van der Waals surface area contributed by atoms with Crippen LogP contribution in [-0.2, 0) is 0 Å². The number of hydrogen-bond donors (Lipinski definition) is 1. The molecule has 0 saturated heterocycles. The van der Waals surface area contributed by atoms with Crippen LogP contribution in [0.3, 0.4) is 0 Å². The number of pyridine rings is 1. The maximum absolute atomic E-state index is 12.2. The van der Waals surface area contributed by atoms with E-state index < -0.39 is 0 Å². The van der Waals surface area contributed by atoms with E-state index in [1.54, 1.807) is 22.7 Å². The molecule has 2 heterocycles. The second-order valence-corrected chi connectivity index (χ2v) is 4.84. The molecular formula is C13H16ClN3O. The molecule has 0 aliphatic rings. The van der Waals surface area contributed by atoms with Crippen LogP contribution in [0.5, 0.6) is 0 Å². The van der Waals surface area contributed by atoms with Gasteiger partial charge in [0.15, 0.2) is 0 Å². The Morgan fingerprint density at radius 3 is 3.00 bits per heavy atom. The number of imidazole rings is 1. The fraction of sp³-hybridized carbons (Fsp3) is 0.385. The minimum absolute atomic E-state index is 0.100. The van der Waals surface area contributed by atoms with E-state index in [4.69, 9.17) is 11.6 Å². The number of hydrogen-bond acceptors (Lipinski definition) is 2. The molecule has 1 amide bonds. The molecule has 2 rings (SSSR count). The van der Waals surface area contributed by atoms with Crippen molar-refractivity contribution in [3.8, 4) is 0 Å². The summed E-state index contributed by atoms with van der Waals surface area (Å²) in [5.74, 6) is -0.100. The van der Waals surface area contributed by atoms with Gasteiger partial charge in [-0.3, -0.25) is 9.20 Å². The third-order valence-electron chi connectivity index (χ3n) is 2.97. The Morgan fingerprint density at radius 2 is 2.33 bits per heavy atom. The number of nitrogens with zero attached hydrogens (tertiary/aromatic N) is 2. The fourth-order valence-corrected chi connectivity index (χ4v) is 1.96. The highest BCUT2D eigenvalue weighted by Gasteiger charge is 2.17. The summed E-state index contributed by atoms with van der Waals surface area (Å²) in [6.45, 7) is 5.84. The first-order chi connectivity index (χ1) is 8.52. The summed E-state index contributed by atoms with van der Waals surface area (Å²) < 4.78 is 1.76. The molecule has 0 saturated carbocycles. The third kappa shape index (κ3) is 2.34. The number of aryl methyl sites for hydroxylation is 1. The molecule has 0 aliphatic carbocycles. The summed E-state index contributed by atoms with van der Waals surface area (Å²) >= 11 is 5.91. The normalized spacial score (nSPS) is 12.7. The Kier molecular flexibility index (Phi) is 3.57. The number of aromatic nitrogens is 2. The molecule has 18 heavy (non-hydrogen) atoms. The maximum Gasteiger partial charge on any atom is 0.270 e. The van der Waals surface area contributed by atoms with E-state index in [0.717, 1.165) is 6.42 Å². The van der Waals surface area contributed by atoms with Gasteiger partial charge in [0.25, 0.3) is 5.91 Å². The van der Waals surface area contributed by atoms with Crippen LogP contribution in [0.15, 0.2) is 18.3 Å². The number of carbonyl (C=O) groups is 1. The third-order valence-corrected chi connectivity index (χ3v) is 3.20. The lowest BCUT2D eigenvalue weighted by Crippen LogP contribution is -2.33. The van der Waals surface area contributed by atoms with E-state index in [-0.39, 0.29) is 11.9 Å². The summed E-state index contributed by atoms with van der Waals surface area (Å²) in [6, 6.07) is 3.64. The molecule has 0 radical (unpaired) electrons. The molecule has 5 heteroatoms. The molecule has 2 aromatic heterocycles. The van der Waals surface area contributed by atoms with Crippen molar-refractivity contribution >= 4 is 23.2 Å². The van der Waals surface area contributed by atoms with Crippen molar-refractivity contribution in [2.75, 3.05) is 0 Å². The first kappa shape index (κ1) is 12.9. The predicted molar refractivity (Wildman–Crippen MR) is 72.2 cm³/mol. The standard InChI is InChI=1S/C13H16ClN3O/c1-4-8(2)15-13(18)12-9(3)16-11-7-10(14)5-6-17(11)12/h5-8H,4H2,1-3H3,(H,15,18). The number of nitrogens with one attached hydrogen (secondary N) is 1. The van der Waals surface area contributed by atoms with Crippen molar-refractivity contribution in [2.45, 2.75) is 33.2 Å². The summed E-state index contributed by atoms with van der Waals surface area (Å²) in [4.78, 5) is 16.5. The van der Waals surface area contributed by atoms with Crippen molar-refractivity contribution in [1.82, 2.24) is 14.7 Å². The SMILES string of the molecule is CCC(C)NC(=O)c1c(C)nc2cc(Cl)ccn12. The molecule has 1 unspecified atom stereocenters. The van der Waals surface area contributed by atoms with Gasteiger partial charge in [-0.15, -0.1) is 0 Å². The predicted octanol–water partition coefficient (Wildman–Crippen LogP) is 2.82. The van der Waals surface area contributed by atoms with Crippen LogP contribution in [0, 0.1) is 6.92 Å². The number of amides is 1. The molecule has 2 aromatic rings. The lowest BCUT2D eigenvalue weighted by molar-refractivity contribution is 0.0932. The van der Waals surface area contributed by atoms with Crippen molar-refractivity contribution in [2.24, 2.45) is 0 Å². The minimum Gasteiger partial charge on any atom is -0.348 e. The van der Waals surface area contributed by atoms with Crippen LogP contribution in [0.1, 0.15) is 36.5 Å². The van der Waals surface area contributed by atoms with Crippen LogP contribution in [0.25, 0.3) is 5.65 Å². The zero-order valence-corrected chi connectivity index (χ0v) is 11.5. The summed E-state index contributed by atoms with van der Waals surface area (Å²) in [7, 11) is 0. The van der Waals surface area contributed by atoms with Crippen molar-refractivity contribution < 1.29 is 4.79 Å². The number of halogens is 1. The van der Waals surface area contributed by atoms with Gasteiger partial charge in [-0.2, -0.15) is 0 Å². The molecular weight excluding hydrogens is 250 g/mol. The second kappa shape index (κ2) is 4.98. The zero-order chi connectivity index (χ0) is 13.3. The topological polar surface area (TPSA) is 46.4 Å². The molecule has 0 spiro atoms. The first-order valence-electron chi connectivity index (χ1n) is 5.98. The van der Waals surface area contributed by atoms with Gasteiger partial charge in [0.05, 0.1) is 5.69 Å². The highest BCUT2D eigenvalue weighted by Crippen LogP contribution is 2.16. The Morgan fingerprint density at radius 1 is 1.61 bits per heavy atom. The number of fused-ring (bicyclic) bond motifs is 1. The number of carbonyl (C=O) groups excluding carboxylic acids is 1. The molecule has 0 fully saturated rings. The Labute approximate surface area is 111 Å². The van der Waals surface area contributed by atoms with Gasteiger partial charge in [-0.25, -0.2) is 4.98 Å². The highest BCUT2D eigenvalue weighted by molar-refractivity contribution is 6.30. The summed E-state index contributed by atoms with van der Waals surface area (Å²) in [5.41, 5.74) is 1.97. The Hall–Kier alpha value is -1.55. The Balaban J connectivity index is 2.44. The minimum atomic E-state index is -0.100. The van der Waals surface area contributed by atoms with E-state index in [1.807, 2.05) is 20.8 Å². The molecule has 1 atom stereocenters. The maximum atomic E-state index is 12.2. The van der Waals surface area contributed by atoms with E-state index in [9.17, 15) is 4.79 Å². The average molecular weight is 266 g/mol. The van der Waals surface area contributed by atoms with Gasteiger partial charge >= 0.3 is 0 Å². The van der Waals surface area contributed by atoms with E-state index in [0.29, 0.717) is 22.1 Å². The first-order valence-corrected chi connectivity index (χ1v) is 6.35. The Bertz CT molecular complexity index is 591. The molecule has 1 N–H and O–H groups in total. The van der Waals surface area contributed by atoms with Crippen LogP contribution >= 0.6 is 11.6 Å². The largest absolute Gasteiger partial charge is 0.348 e. The smallest absolute Gasteiger partial charge is 0.270 e. The van der Waals surface area contributed by atoms with Gasteiger partial charge in [-0.05, 0) is 26.3 Å². The van der Waals surface area contributed by atoms with Gasteiger partial charge in [0, 0.05) is 23.3 Å². The van der Waals surface area contributed by atoms with Gasteiger partial charge in [0.1, 0.15) is 11.3 Å². The summed E-state index contributed by atoms with van der Waals surface area (Å²) in [5, 5.41) is 3.56. The van der Waals surface area contributed by atoms with E-state index in [2.05, 4.69) is 10.3 Å². The van der Waals surface area contributed by atoms with Gasteiger partial charge < -0.3 is 5.32 Å². The highest BCUT2D eigenvalue weighted by atomic mass is 35.5. The van der Waals surface area contributed by atoms with Gasteiger partial charge in [-0.1, -0.05) is 18.5 Å². The molecule has 0 aromatic carbocycles. The van der Waals surface area contributed by atoms with Crippen LogP contribution in [0.2, 0.25) is 5.02 Å². The fourth-order valence-electron chi connectivity index (χ4n) is 1.81. The lowest BCUT2D eigenvalue weighted by atomic mass is 10.2. The van der Waals surface area contributed by atoms with Crippen LogP contribution in [-0.4, -0.2) is 21.3 Å².